The van der Waals surface area contributed by atoms with Gasteiger partial charge in [0, 0.05) is 60.3 Å². The fraction of sp³-hybridized carbons (Fsp3) is 0.200. The number of pyridine rings is 3. The monoisotopic (exact) mass is 1270 g/mol. The third kappa shape index (κ3) is 9.57. The lowest BCUT2D eigenvalue weighted by molar-refractivity contribution is -0.182. The number of nitrogens with two attached hydrogens (primary N) is 3. The third-order valence-corrected chi connectivity index (χ3v) is 16.4. The molecule has 3 atom stereocenters. The average Bonchev–Trinajstić information content (AvgIpc) is 1.57. The largest absolute Gasteiger partial charge is 0.479 e. The first-order valence-electron chi connectivity index (χ1n) is 28.6. The predicted octanol–water partition coefficient (Wildman–Crippen LogP) is 4.79. The summed E-state index contributed by atoms with van der Waals surface area (Å²) < 4.78 is 34.8. The second-order valence-corrected chi connectivity index (χ2v) is 22.1. The molecule has 0 saturated carbocycles. The molecule has 0 radical (unpaired) electrons. The highest BCUT2D eigenvalue weighted by Gasteiger charge is 2.45. The van der Waals surface area contributed by atoms with E-state index < -0.39 is 34.2 Å². The van der Waals surface area contributed by atoms with E-state index in [0.717, 1.165) is 0 Å². The van der Waals surface area contributed by atoms with Crippen LogP contribution in [0, 0.1) is 0 Å². The summed E-state index contributed by atoms with van der Waals surface area (Å²) in [7, 11) is 1.32. The number of Topliss-reactive ketones (excluding diaryl/α,β-unsaturated/α-hetero) is 1. The lowest BCUT2D eigenvalue weighted by atomic mass is 9.83. The van der Waals surface area contributed by atoms with Crippen molar-refractivity contribution in [3.8, 4) is 34.8 Å². The summed E-state index contributed by atoms with van der Waals surface area (Å²) in [6.07, 6.45) is 19.1. The zero-order chi connectivity index (χ0) is 65.3. The number of methoxy groups -OCH3 is 1. The van der Waals surface area contributed by atoms with Crippen LogP contribution < -0.4 is 17.2 Å². The van der Waals surface area contributed by atoms with Crippen molar-refractivity contribution in [3.05, 3.63) is 164 Å². The highest BCUT2D eigenvalue weighted by molar-refractivity contribution is 5.96. The van der Waals surface area contributed by atoms with Crippen molar-refractivity contribution in [2.75, 3.05) is 37.5 Å². The number of fused-ring (bicyclic) bond motifs is 9. The lowest BCUT2D eigenvalue weighted by Gasteiger charge is -2.37. The molecular weight excluding hydrogens is 1220 g/mol. The van der Waals surface area contributed by atoms with Crippen LogP contribution in [0.2, 0.25) is 0 Å². The Hall–Kier alpha value is -12.7. The average molecular weight is 1270 g/mol. The Morgan fingerprint density at radius 3 is 1.22 bits per heavy atom. The number of aromatic nitrogens is 21. The van der Waals surface area contributed by atoms with E-state index in [-0.39, 0.29) is 55.3 Å². The fourth-order valence-electron chi connectivity index (χ4n) is 11.0. The summed E-state index contributed by atoms with van der Waals surface area (Å²) in [4.78, 5) is 78.2. The molecule has 8 N–H and O–H groups in total. The summed E-state index contributed by atoms with van der Waals surface area (Å²) >= 11 is 0. The van der Waals surface area contributed by atoms with E-state index in [1.807, 2.05) is 6.07 Å². The second kappa shape index (κ2) is 22.6. The first-order valence-corrected chi connectivity index (χ1v) is 28.6. The summed E-state index contributed by atoms with van der Waals surface area (Å²) in [5.74, 6) is 0.901. The Balaban J connectivity index is 0.000000122. The minimum absolute atomic E-state index is 0.0403. The van der Waals surface area contributed by atoms with Crippen LogP contribution in [0.15, 0.2) is 161 Å². The molecule has 3 unspecified atom stereocenters. The van der Waals surface area contributed by atoms with Gasteiger partial charge in [-0.05, 0) is 81.8 Å². The summed E-state index contributed by atoms with van der Waals surface area (Å²) in [5.41, 5.74) is 17.3. The number of anilines is 3. The van der Waals surface area contributed by atoms with Gasteiger partial charge in [-0.1, -0.05) is 18.2 Å². The SMILES string of the molecule is CC(C(=O)CCC1(O)COC1)(c1cccnc1)n1ncc2c1nc(N)n1nc(-c3ccco3)nc21.CC(C(=O)O)(c1cccnc1)n1ncc2c1nc(N)n1nc(-c3ccco3)nc21.COC(=O)C(C)(c1cccnc1)n1ncc2c1nc(N)n1nc(-c3ccco3)nc21. The molecule has 1 aliphatic heterocycles. The molecule has 0 bridgehead atoms. The van der Waals surface area contributed by atoms with Crippen LogP contribution >= 0.6 is 0 Å². The van der Waals surface area contributed by atoms with Crippen LogP contribution in [0.25, 0.3) is 84.8 Å². The number of ketones is 1. The second-order valence-electron chi connectivity index (χ2n) is 22.1. The van der Waals surface area contributed by atoms with Gasteiger partial charge < -0.3 is 50.1 Å². The molecule has 0 amide bonds. The maximum atomic E-state index is 13.8. The molecule has 94 heavy (non-hydrogen) atoms. The van der Waals surface area contributed by atoms with Crippen molar-refractivity contribution in [3.63, 3.8) is 0 Å². The van der Waals surface area contributed by atoms with Gasteiger partial charge in [0.1, 0.15) is 11.1 Å². The van der Waals surface area contributed by atoms with Gasteiger partial charge in [-0.2, -0.15) is 43.8 Å². The van der Waals surface area contributed by atoms with E-state index in [9.17, 15) is 24.6 Å². The minimum Gasteiger partial charge on any atom is -0.479 e. The molecule has 15 aromatic heterocycles. The van der Waals surface area contributed by atoms with Gasteiger partial charge in [0.15, 0.2) is 68.0 Å². The molecule has 1 fully saturated rings. The van der Waals surface area contributed by atoms with Crippen LogP contribution in [-0.4, -0.2) is 157 Å². The van der Waals surface area contributed by atoms with Crippen molar-refractivity contribution in [1.29, 1.82) is 0 Å². The predicted molar refractivity (Wildman–Crippen MR) is 329 cm³/mol. The number of esters is 1. The molecule has 15 aromatic rings. The normalized spacial score (nSPS) is 14.8. The van der Waals surface area contributed by atoms with E-state index in [0.29, 0.717) is 95.8 Å². The molecule has 1 aliphatic rings. The van der Waals surface area contributed by atoms with Gasteiger partial charge in [-0.3, -0.25) is 19.7 Å². The Kier molecular flexibility index (Phi) is 14.2. The van der Waals surface area contributed by atoms with Gasteiger partial charge in [0.25, 0.3) is 0 Å². The maximum absolute atomic E-state index is 13.8. The van der Waals surface area contributed by atoms with Crippen LogP contribution in [0.1, 0.15) is 50.3 Å². The molecule has 0 spiro atoms. The standard InChI is InChI=1S/C23H22N8O4.C19H16N8O3.C18H14N8O3/c1-22(14-4-2-8-25-10-14,17(32)6-7-23(33)12-34-13-23)31-20-15(11-26-31)19-27-18(16-5-3-9-35-16)29-30(19)21(24)28-20;1-19(17(28)29-2,11-5-3-7-21-9-11)27-16-12(10-22-27)15-23-14(13-6-4-8-30-13)25-26(15)18(20)24-16;1-18(16(27)28,10-4-2-6-20-8-10)26-15-11(9-21-26)14-22-13(12-5-3-7-29-12)24-25(14)17(19)23-15/h2-5,8-11,33H,6-7,12-13H2,1H3,(H2,24,28);3-10H,1-2H3,(H2,20,24);2-9H,1H3,(H2,19,23)(H,27,28). The smallest absolute Gasteiger partial charge is 0.338 e. The Morgan fingerprint density at radius 2 is 0.894 bits per heavy atom. The fourth-order valence-corrected chi connectivity index (χ4v) is 11.0. The minimum atomic E-state index is -1.56. The van der Waals surface area contributed by atoms with Gasteiger partial charge >= 0.3 is 11.9 Å². The van der Waals surface area contributed by atoms with Crippen LogP contribution in [0.5, 0.6) is 0 Å². The molecule has 0 aromatic carbocycles. The number of aliphatic carboxylic acids is 1. The molecule has 16 heterocycles. The van der Waals surface area contributed by atoms with E-state index >= 15 is 0 Å². The maximum Gasteiger partial charge on any atom is 0.338 e. The number of nitrogen functional groups attached to an aromatic ring is 3. The van der Waals surface area contributed by atoms with Crippen molar-refractivity contribution in [2.45, 2.75) is 55.8 Å². The zero-order valence-corrected chi connectivity index (χ0v) is 50.0. The number of carboxylic acids is 1. The lowest BCUT2D eigenvalue weighted by Crippen LogP contribution is -2.50. The van der Waals surface area contributed by atoms with E-state index in [1.165, 1.54) is 68.1 Å². The van der Waals surface area contributed by atoms with Crippen LogP contribution in [-0.2, 0) is 40.5 Å². The first-order chi connectivity index (χ1) is 45.4. The number of ether oxygens (including phenoxy) is 2. The highest BCUT2D eigenvalue weighted by atomic mass is 16.5. The number of carboxylic acid groups (broad SMARTS) is 1. The van der Waals surface area contributed by atoms with Gasteiger partial charge in [-0.15, -0.1) is 15.3 Å². The molecular formula is C60H52N24O10. The van der Waals surface area contributed by atoms with Gasteiger partial charge in [-0.25, -0.2) is 38.6 Å². The highest BCUT2D eigenvalue weighted by Crippen LogP contribution is 2.37. The Bertz CT molecular complexity index is 5320. The van der Waals surface area contributed by atoms with Crippen molar-refractivity contribution in [2.24, 2.45) is 0 Å². The van der Waals surface area contributed by atoms with Gasteiger partial charge in [0.2, 0.25) is 35.3 Å². The van der Waals surface area contributed by atoms with Crippen molar-refractivity contribution >= 4 is 85.6 Å². The summed E-state index contributed by atoms with van der Waals surface area (Å²) in [5, 5.41) is 48.6. The zero-order valence-electron chi connectivity index (χ0n) is 50.0. The number of carbonyl (C=O) groups excluding carboxylic acids is 2. The number of hydrogen-bond donors (Lipinski definition) is 5. The van der Waals surface area contributed by atoms with Crippen molar-refractivity contribution < 1.29 is 47.3 Å². The number of furan rings is 3. The molecule has 34 heteroatoms. The molecule has 0 aliphatic carbocycles. The Morgan fingerprint density at radius 1 is 0.521 bits per heavy atom. The number of aliphatic hydroxyl groups is 1. The summed E-state index contributed by atoms with van der Waals surface area (Å²) in [6, 6.07) is 20.8. The molecule has 472 valence electrons. The van der Waals surface area contributed by atoms with E-state index in [2.05, 4.69) is 75.4 Å². The number of hydrogen-bond acceptors (Lipinski definition) is 27. The van der Waals surface area contributed by atoms with Crippen LogP contribution in [0.3, 0.4) is 0 Å². The van der Waals surface area contributed by atoms with E-state index in [4.69, 9.17) is 39.9 Å². The van der Waals surface area contributed by atoms with Gasteiger partial charge in [0.05, 0.1) is 73.9 Å². The third-order valence-electron chi connectivity index (χ3n) is 16.4. The quantitative estimate of drug-likeness (QED) is 0.0861. The number of nitrogens with zero attached hydrogens (tertiary/aromatic N) is 21. The van der Waals surface area contributed by atoms with Crippen molar-refractivity contribution in [1.82, 2.24) is 103 Å². The first kappa shape index (κ1) is 58.9. The summed E-state index contributed by atoms with van der Waals surface area (Å²) in [6.45, 7) is 5.41. The molecule has 34 nitrogen and oxygen atoms in total. The van der Waals surface area contributed by atoms with E-state index in [1.54, 1.807) is 129 Å². The number of rotatable bonds is 15. The molecule has 16 rings (SSSR count). The topological polar surface area (TPSA) is 449 Å². The number of carbonyl (C=O) groups is 3. The van der Waals surface area contributed by atoms with Crippen LogP contribution in [0.4, 0.5) is 17.8 Å². The molecule has 1 saturated heterocycles. The Labute approximate surface area is 526 Å².